The number of aliphatic hydroxyl groups is 1. The molecule has 0 saturated heterocycles. The van der Waals surface area contributed by atoms with Gasteiger partial charge in [-0.05, 0) is 0 Å². The summed E-state index contributed by atoms with van der Waals surface area (Å²) in [5.74, 6) is -0.525. The second kappa shape index (κ2) is 5.57. The van der Waals surface area contributed by atoms with Crippen LogP contribution in [0.1, 0.15) is 27.2 Å². The van der Waals surface area contributed by atoms with Crippen molar-refractivity contribution in [3.63, 3.8) is 0 Å². The molecule has 0 radical (unpaired) electrons. The maximum atomic E-state index is 11.0. The van der Waals surface area contributed by atoms with E-state index in [2.05, 4.69) is 16.0 Å². The number of carbonyl (C=O) groups excluding carboxylic acids is 1. The third-order valence-electron chi connectivity index (χ3n) is 1.19. The van der Waals surface area contributed by atoms with Crippen molar-refractivity contribution in [3.8, 4) is 0 Å². The minimum atomic E-state index is -0.981. The van der Waals surface area contributed by atoms with Crippen molar-refractivity contribution in [2.45, 2.75) is 44.2 Å². The summed E-state index contributed by atoms with van der Waals surface area (Å²) in [5.41, 5.74) is 0. The first kappa shape index (κ1) is 11.9. The van der Waals surface area contributed by atoms with E-state index in [0.29, 0.717) is 6.42 Å². The molecule has 0 aliphatic heterocycles. The fraction of sp³-hybridized carbons (Fsp3) is 0.875. The van der Waals surface area contributed by atoms with Crippen LogP contribution in [0.2, 0.25) is 4.82 Å². The Morgan fingerprint density at radius 3 is 2.33 bits per heavy atom. The van der Waals surface area contributed by atoms with Crippen molar-refractivity contribution >= 4 is 22.0 Å². The molecular weight excluding hydrogens is 223 g/mol. The second-order valence-corrected chi connectivity index (χ2v) is 4.94. The van der Waals surface area contributed by atoms with Gasteiger partial charge in [-0.3, -0.25) is 0 Å². The number of esters is 1. The van der Waals surface area contributed by atoms with Gasteiger partial charge in [-0.15, -0.1) is 0 Å². The Morgan fingerprint density at radius 1 is 1.50 bits per heavy atom. The first-order chi connectivity index (χ1) is 5.43. The van der Waals surface area contributed by atoms with E-state index in [4.69, 9.17) is 4.74 Å². The van der Waals surface area contributed by atoms with Crippen molar-refractivity contribution in [3.05, 3.63) is 0 Å². The van der Waals surface area contributed by atoms with E-state index in [0.717, 1.165) is 0 Å². The second-order valence-electron chi connectivity index (χ2n) is 3.09. The Balaban J connectivity index is 3.77. The van der Waals surface area contributed by atoms with Crippen LogP contribution in [0.3, 0.4) is 0 Å². The van der Waals surface area contributed by atoms with E-state index in [1.807, 2.05) is 6.92 Å². The summed E-state index contributed by atoms with van der Waals surface area (Å²) in [6.45, 7) is 5.44. The topological polar surface area (TPSA) is 46.5 Å². The molecular formula is C8H16O3Se. The average Bonchev–Trinajstić information content (AvgIpc) is 1.84. The zero-order chi connectivity index (χ0) is 9.72. The molecule has 72 valence electrons. The summed E-state index contributed by atoms with van der Waals surface area (Å²) >= 11 is 2.38. The van der Waals surface area contributed by atoms with Crippen molar-refractivity contribution < 1.29 is 14.6 Å². The maximum absolute atomic E-state index is 11.0. The van der Waals surface area contributed by atoms with Crippen molar-refractivity contribution in [2.75, 3.05) is 0 Å². The van der Waals surface area contributed by atoms with Crippen LogP contribution < -0.4 is 0 Å². The molecule has 0 saturated carbocycles. The zero-order valence-electron chi connectivity index (χ0n) is 7.65. The molecule has 3 nitrogen and oxygen atoms in total. The van der Waals surface area contributed by atoms with Gasteiger partial charge in [0.05, 0.1) is 0 Å². The number of ether oxygens (including phenoxy) is 1. The number of carbonyl (C=O) groups is 1. The Labute approximate surface area is 81.3 Å². The van der Waals surface area contributed by atoms with Crippen LogP contribution in [0, 0.1) is 0 Å². The molecule has 0 rings (SSSR count). The molecule has 0 aromatic heterocycles. The molecule has 2 unspecified atom stereocenters. The van der Waals surface area contributed by atoms with Crippen LogP contribution in [0.4, 0.5) is 0 Å². The van der Waals surface area contributed by atoms with E-state index in [-0.39, 0.29) is 10.9 Å². The van der Waals surface area contributed by atoms with Gasteiger partial charge in [0.15, 0.2) is 0 Å². The predicted octanol–water partition coefficient (Wildman–Crippen LogP) is 0.398. The third-order valence-corrected chi connectivity index (χ3v) is 1.63. The number of rotatable bonds is 4. The van der Waals surface area contributed by atoms with Crippen LogP contribution in [0.25, 0.3) is 0 Å². The van der Waals surface area contributed by atoms with Gasteiger partial charge < -0.3 is 0 Å². The van der Waals surface area contributed by atoms with Gasteiger partial charge in [0.2, 0.25) is 0 Å². The molecule has 1 N–H and O–H groups in total. The monoisotopic (exact) mass is 240 g/mol. The molecule has 0 spiro atoms. The fourth-order valence-corrected chi connectivity index (χ4v) is 1.15. The SMILES string of the molecule is CC([SeH])CC(O)C(=O)OC(C)C. The molecule has 4 heteroatoms. The quantitative estimate of drug-likeness (QED) is 0.570. The molecule has 0 aromatic rings. The Hall–Kier alpha value is -0.0505. The average molecular weight is 239 g/mol. The van der Waals surface area contributed by atoms with Crippen LogP contribution in [-0.4, -0.2) is 39.3 Å². The van der Waals surface area contributed by atoms with Gasteiger partial charge in [0.1, 0.15) is 0 Å². The van der Waals surface area contributed by atoms with E-state index in [1.165, 1.54) is 0 Å². The van der Waals surface area contributed by atoms with Gasteiger partial charge in [0, 0.05) is 0 Å². The minimum absolute atomic E-state index is 0.159. The molecule has 0 bridgehead atoms. The fourth-order valence-electron chi connectivity index (χ4n) is 0.730. The van der Waals surface area contributed by atoms with Crippen LogP contribution in [0.5, 0.6) is 0 Å². The van der Waals surface area contributed by atoms with E-state index < -0.39 is 12.1 Å². The number of aliphatic hydroxyl groups excluding tert-OH is 1. The summed E-state index contributed by atoms with van der Waals surface area (Å²) in [7, 11) is 0. The molecule has 0 heterocycles. The first-order valence-electron chi connectivity index (χ1n) is 4.00. The van der Waals surface area contributed by atoms with E-state index >= 15 is 0 Å². The van der Waals surface area contributed by atoms with Crippen LogP contribution >= 0.6 is 0 Å². The Kier molecular flexibility index (Phi) is 5.55. The summed E-state index contributed by atoms with van der Waals surface area (Å²) < 4.78 is 4.82. The number of hydrogen-bond donors (Lipinski definition) is 1. The third kappa shape index (κ3) is 5.58. The van der Waals surface area contributed by atoms with Gasteiger partial charge in [-0.1, -0.05) is 0 Å². The normalized spacial score (nSPS) is 15.8. The summed E-state index contributed by atoms with van der Waals surface area (Å²) in [6.07, 6.45) is -0.703. The molecule has 0 fully saturated rings. The summed E-state index contributed by atoms with van der Waals surface area (Å²) in [5, 5.41) is 9.25. The first-order valence-corrected chi connectivity index (χ1v) is 5.08. The van der Waals surface area contributed by atoms with Crippen LogP contribution in [-0.2, 0) is 9.53 Å². The molecule has 2 atom stereocenters. The zero-order valence-corrected chi connectivity index (χ0v) is 9.53. The summed E-state index contributed by atoms with van der Waals surface area (Å²) in [4.78, 5) is 11.3. The van der Waals surface area contributed by atoms with Crippen molar-refractivity contribution in [1.82, 2.24) is 0 Å². The van der Waals surface area contributed by atoms with Gasteiger partial charge >= 0.3 is 80.8 Å². The molecule has 0 aliphatic rings. The summed E-state index contributed by atoms with van der Waals surface area (Å²) in [6, 6.07) is 0. The van der Waals surface area contributed by atoms with Crippen molar-refractivity contribution in [1.29, 1.82) is 0 Å². The van der Waals surface area contributed by atoms with Gasteiger partial charge in [-0.25, -0.2) is 0 Å². The van der Waals surface area contributed by atoms with Crippen molar-refractivity contribution in [2.24, 2.45) is 0 Å². The standard InChI is InChI=1S/C8H16O3Se/c1-5(2)11-8(10)7(9)4-6(3)12/h5-7,9,12H,4H2,1-3H3. The Bertz CT molecular complexity index is 145. The molecule has 0 amide bonds. The van der Waals surface area contributed by atoms with E-state index in [1.54, 1.807) is 13.8 Å². The van der Waals surface area contributed by atoms with Gasteiger partial charge in [-0.2, -0.15) is 0 Å². The van der Waals surface area contributed by atoms with Gasteiger partial charge in [0.25, 0.3) is 0 Å². The molecule has 0 aromatic carbocycles. The molecule has 0 aliphatic carbocycles. The molecule has 12 heavy (non-hydrogen) atoms. The van der Waals surface area contributed by atoms with E-state index in [9.17, 15) is 9.90 Å². The predicted molar refractivity (Wildman–Crippen MR) is 48.4 cm³/mol. The Morgan fingerprint density at radius 2 is 2.00 bits per heavy atom. The van der Waals surface area contributed by atoms with Crippen LogP contribution in [0.15, 0.2) is 0 Å². The number of hydrogen-bond acceptors (Lipinski definition) is 3.